The third kappa shape index (κ3) is 2.82. The zero-order valence-electron chi connectivity index (χ0n) is 20.9. The van der Waals surface area contributed by atoms with Gasteiger partial charge in [0.2, 0.25) is 0 Å². The van der Waals surface area contributed by atoms with Gasteiger partial charge in [0.1, 0.15) is 0 Å². The fraction of sp³-hybridized carbons (Fsp3) is 0. The molecule has 0 aliphatic carbocycles. The molecule has 7 aromatic rings. The molecule has 3 nitrogen and oxygen atoms in total. The Balaban J connectivity index is 1.34. The van der Waals surface area contributed by atoms with Crippen LogP contribution in [0.15, 0.2) is 131 Å². The molecule has 0 atom stereocenters. The van der Waals surface area contributed by atoms with Crippen molar-refractivity contribution in [2.75, 3.05) is 0 Å². The SMILES string of the molecule is c1ccc(-c2cccc3c2[nH]c2ccccc23)c(-c2cccc3c2-c2c4c(ccc2=N3)=c2ccccc2=N4)c1. The topological polar surface area (TPSA) is 40.5 Å². The van der Waals surface area contributed by atoms with Gasteiger partial charge >= 0.3 is 0 Å². The summed E-state index contributed by atoms with van der Waals surface area (Å²) in [6.45, 7) is 0. The molecule has 0 saturated heterocycles. The first-order valence-corrected chi connectivity index (χ1v) is 13.3. The average Bonchev–Trinajstić information content (AvgIpc) is 3.68. The molecule has 0 amide bonds. The quantitative estimate of drug-likeness (QED) is 0.251. The van der Waals surface area contributed by atoms with Crippen LogP contribution in [0.2, 0.25) is 0 Å². The summed E-state index contributed by atoms with van der Waals surface area (Å²) >= 11 is 0. The molecular weight excluding hydrogens is 474 g/mol. The van der Waals surface area contributed by atoms with Crippen molar-refractivity contribution in [2.45, 2.75) is 0 Å². The number of rotatable bonds is 2. The third-order valence-electron chi connectivity index (χ3n) is 8.16. The summed E-state index contributed by atoms with van der Waals surface area (Å²) < 4.78 is 0. The predicted octanol–water partition coefficient (Wildman–Crippen LogP) is 8.14. The molecule has 2 aliphatic heterocycles. The minimum atomic E-state index is 0.989. The van der Waals surface area contributed by atoms with E-state index in [4.69, 9.17) is 9.98 Å². The molecule has 0 radical (unpaired) electrons. The number of nitrogens with zero attached hydrogens (tertiary/aromatic N) is 2. The van der Waals surface area contributed by atoms with Crippen molar-refractivity contribution < 1.29 is 0 Å². The van der Waals surface area contributed by atoms with Gasteiger partial charge in [0.15, 0.2) is 0 Å². The lowest BCUT2D eigenvalue weighted by atomic mass is 9.88. The first-order chi connectivity index (χ1) is 19.3. The lowest BCUT2D eigenvalue weighted by Gasteiger charge is -2.15. The molecule has 9 rings (SSSR count). The Hall–Kier alpha value is -5.28. The fourth-order valence-electron chi connectivity index (χ4n) is 6.47. The average molecular weight is 496 g/mol. The van der Waals surface area contributed by atoms with E-state index < -0.39 is 0 Å². The maximum Gasteiger partial charge on any atom is 0.0817 e. The highest BCUT2D eigenvalue weighted by Crippen LogP contribution is 2.47. The lowest BCUT2D eigenvalue weighted by Crippen LogP contribution is -2.01. The Morgan fingerprint density at radius 2 is 1.15 bits per heavy atom. The molecule has 3 heteroatoms. The second-order valence-corrected chi connectivity index (χ2v) is 10.2. The molecule has 0 bridgehead atoms. The van der Waals surface area contributed by atoms with Gasteiger partial charge in [-0.3, -0.25) is 0 Å². The van der Waals surface area contributed by atoms with E-state index in [1.807, 2.05) is 0 Å². The number of fused-ring (bicyclic) bond motifs is 9. The molecule has 2 aliphatic rings. The molecule has 1 aromatic heterocycles. The standard InChI is InChI=1S/C36H21N3/c1-2-10-22(26-14-7-15-27-23-11-3-5-16-29(23)38-35(26)27)21(9-1)25-13-8-18-31-33(25)34-32(37-31)20-19-28-24-12-4-6-17-30(24)39-36(28)34/h1-20,38H. The normalized spacial score (nSPS) is 12.5. The number of benzene rings is 6. The Labute approximate surface area is 223 Å². The van der Waals surface area contributed by atoms with Crippen LogP contribution in [-0.2, 0) is 0 Å². The summed E-state index contributed by atoms with van der Waals surface area (Å²) in [7, 11) is 0. The number of hydrogen-bond acceptors (Lipinski definition) is 2. The zero-order valence-corrected chi connectivity index (χ0v) is 20.9. The van der Waals surface area contributed by atoms with Gasteiger partial charge in [-0.15, -0.1) is 0 Å². The number of nitrogens with one attached hydrogen (secondary N) is 1. The fourth-order valence-corrected chi connectivity index (χ4v) is 6.47. The molecule has 0 spiro atoms. The highest BCUT2D eigenvalue weighted by molar-refractivity contribution is 6.13. The largest absolute Gasteiger partial charge is 0.354 e. The van der Waals surface area contributed by atoms with Crippen LogP contribution in [0.4, 0.5) is 11.4 Å². The Morgan fingerprint density at radius 1 is 0.436 bits per heavy atom. The second-order valence-electron chi connectivity index (χ2n) is 10.2. The van der Waals surface area contributed by atoms with E-state index >= 15 is 0 Å². The summed E-state index contributed by atoms with van der Waals surface area (Å²) in [6, 6.07) is 43.0. The zero-order chi connectivity index (χ0) is 25.5. The van der Waals surface area contributed by atoms with Crippen molar-refractivity contribution in [1.29, 1.82) is 0 Å². The second kappa shape index (κ2) is 7.62. The van der Waals surface area contributed by atoms with Gasteiger partial charge in [-0.05, 0) is 47.0 Å². The van der Waals surface area contributed by atoms with Crippen LogP contribution < -0.4 is 10.7 Å². The van der Waals surface area contributed by atoms with E-state index in [0.717, 1.165) is 44.2 Å². The molecule has 6 aromatic carbocycles. The number of para-hydroxylation sites is 3. The van der Waals surface area contributed by atoms with E-state index in [1.54, 1.807) is 0 Å². The van der Waals surface area contributed by atoms with Gasteiger partial charge in [0.25, 0.3) is 0 Å². The molecule has 0 fully saturated rings. The van der Waals surface area contributed by atoms with E-state index in [-0.39, 0.29) is 0 Å². The van der Waals surface area contributed by atoms with Gasteiger partial charge in [-0.2, -0.15) is 0 Å². The van der Waals surface area contributed by atoms with Crippen LogP contribution in [0.1, 0.15) is 0 Å². The van der Waals surface area contributed by atoms with Crippen molar-refractivity contribution >= 4 is 33.2 Å². The molecule has 39 heavy (non-hydrogen) atoms. The van der Waals surface area contributed by atoms with Crippen LogP contribution in [-0.4, -0.2) is 4.98 Å². The minimum Gasteiger partial charge on any atom is -0.354 e. The molecule has 0 saturated carbocycles. The van der Waals surface area contributed by atoms with Crippen molar-refractivity contribution in [3.63, 3.8) is 0 Å². The third-order valence-corrected chi connectivity index (χ3v) is 8.16. The predicted molar refractivity (Wildman–Crippen MR) is 158 cm³/mol. The summed E-state index contributed by atoms with van der Waals surface area (Å²) in [5.41, 5.74) is 11.4. The van der Waals surface area contributed by atoms with E-state index in [2.05, 4.69) is 126 Å². The highest BCUT2D eigenvalue weighted by Gasteiger charge is 2.25. The molecule has 0 unspecified atom stereocenters. The summed E-state index contributed by atoms with van der Waals surface area (Å²) in [5, 5.41) is 6.87. The number of hydrogen-bond donors (Lipinski definition) is 1. The molecular formula is C36H21N3. The molecule has 1 N–H and O–H groups in total. The lowest BCUT2D eigenvalue weighted by molar-refractivity contribution is 1.36. The van der Waals surface area contributed by atoms with Crippen LogP contribution in [0.5, 0.6) is 0 Å². The first kappa shape index (κ1) is 20.7. The van der Waals surface area contributed by atoms with E-state index in [0.29, 0.717) is 0 Å². The van der Waals surface area contributed by atoms with Gasteiger partial charge in [-0.25, -0.2) is 9.98 Å². The number of aromatic nitrogens is 1. The van der Waals surface area contributed by atoms with Gasteiger partial charge < -0.3 is 4.98 Å². The maximum atomic E-state index is 5.10. The van der Waals surface area contributed by atoms with Crippen LogP contribution in [0, 0.1) is 10.4 Å². The number of aromatic amines is 1. The smallest absolute Gasteiger partial charge is 0.0817 e. The van der Waals surface area contributed by atoms with Gasteiger partial charge in [0, 0.05) is 43.4 Å². The monoisotopic (exact) mass is 495 g/mol. The minimum absolute atomic E-state index is 0.989. The van der Waals surface area contributed by atoms with E-state index in [9.17, 15) is 0 Å². The first-order valence-electron chi connectivity index (χ1n) is 13.3. The highest BCUT2D eigenvalue weighted by atomic mass is 14.8. The Bertz CT molecular complexity index is 2400. The van der Waals surface area contributed by atoms with Crippen LogP contribution >= 0.6 is 0 Å². The molecule has 180 valence electrons. The van der Waals surface area contributed by atoms with Crippen molar-refractivity contribution in [1.82, 2.24) is 4.98 Å². The summed E-state index contributed by atoms with van der Waals surface area (Å²) in [4.78, 5) is 13.9. The van der Waals surface area contributed by atoms with Gasteiger partial charge in [0.05, 0.1) is 27.6 Å². The molecule has 3 heterocycles. The Kier molecular flexibility index (Phi) is 4.05. The summed E-state index contributed by atoms with van der Waals surface area (Å²) in [6.07, 6.45) is 0. The van der Waals surface area contributed by atoms with Crippen molar-refractivity contribution in [2.24, 2.45) is 9.98 Å². The van der Waals surface area contributed by atoms with Crippen molar-refractivity contribution in [3.05, 3.63) is 142 Å². The maximum absolute atomic E-state index is 5.10. The van der Waals surface area contributed by atoms with E-state index in [1.165, 1.54) is 43.5 Å². The van der Waals surface area contributed by atoms with Crippen LogP contribution in [0.3, 0.4) is 0 Å². The Morgan fingerprint density at radius 3 is 2.10 bits per heavy atom. The summed E-state index contributed by atoms with van der Waals surface area (Å²) in [5.74, 6) is 0. The van der Waals surface area contributed by atoms with Gasteiger partial charge in [-0.1, -0.05) is 91.0 Å². The van der Waals surface area contributed by atoms with Crippen molar-refractivity contribution in [3.8, 4) is 33.4 Å². The number of H-pyrrole nitrogens is 1. The van der Waals surface area contributed by atoms with Crippen LogP contribution in [0.25, 0.3) is 55.2 Å².